The summed E-state index contributed by atoms with van der Waals surface area (Å²) in [4.78, 5) is 16.1. The standard InChI is InChI=1S/C18H18N2O2S/c1-2-9-20-18(19)23-11-13-10-16(21)22-15-8-7-12-5-3-4-6-14(12)17(13)15/h3-8,10H,2,9,11H2,1H3,(H2,19,20). The largest absolute Gasteiger partial charge is 0.423 e. The first-order valence-corrected chi connectivity index (χ1v) is 8.55. The van der Waals surface area contributed by atoms with Crippen molar-refractivity contribution in [2.24, 2.45) is 10.7 Å². The molecule has 0 aliphatic heterocycles. The van der Waals surface area contributed by atoms with Crippen molar-refractivity contribution in [1.82, 2.24) is 0 Å². The molecule has 2 N–H and O–H groups in total. The fourth-order valence-electron chi connectivity index (χ4n) is 2.55. The molecule has 23 heavy (non-hydrogen) atoms. The first kappa shape index (κ1) is 15.6. The molecule has 0 atom stereocenters. The Labute approximate surface area is 138 Å². The highest BCUT2D eigenvalue weighted by Crippen LogP contribution is 2.29. The van der Waals surface area contributed by atoms with Crippen LogP contribution in [-0.4, -0.2) is 11.7 Å². The van der Waals surface area contributed by atoms with E-state index in [0.29, 0.717) is 16.5 Å². The van der Waals surface area contributed by atoms with E-state index in [2.05, 4.69) is 11.9 Å². The second-order valence-corrected chi connectivity index (χ2v) is 6.25. The third-order valence-corrected chi connectivity index (χ3v) is 4.46. The molecule has 0 spiro atoms. The molecule has 1 heterocycles. The number of amidine groups is 1. The van der Waals surface area contributed by atoms with Gasteiger partial charge in [-0.1, -0.05) is 49.0 Å². The number of fused-ring (bicyclic) bond motifs is 3. The van der Waals surface area contributed by atoms with Gasteiger partial charge >= 0.3 is 5.63 Å². The Hall–Kier alpha value is -2.27. The molecule has 0 amide bonds. The molecule has 1 aromatic heterocycles. The molecule has 3 rings (SSSR count). The van der Waals surface area contributed by atoms with Crippen LogP contribution in [0.15, 0.2) is 56.7 Å². The topological polar surface area (TPSA) is 68.6 Å². The van der Waals surface area contributed by atoms with Crippen LogP contribution in [0.5, 0.6) is 0 Å². The van der Waals surface area contributed by atoms with E-state index in [1.165, 1.54) is 11.8 Å². The molecule has 0 aliphatic rings. The molecule has 0 radical (unpaired) electrons. The lowest BCUT2D eigenvalue weighted by molar-refractivity contribution is 0.560. The molecular formula is C18H18N2O2S. The number of aliphatic imine (C=N–C) groups is 1. The summed E-state index contributed by atoms with van der Waals surface area (Å²) in [7, 11) is 0. The molecule has 0 saturated heterocycles. The van der Waals surface area contributed by atoms with Crippen LogP contribution in [0.25, 0.3) is 21.7 Å². The van der Waals surface area contributed by atoms with Gasteiger partial charge in [-0.2, -0.15) is 0 Å². The van der Waals surface area contributed by atoms with Gasteiger partial charge in [-0.05, 0) is 28.8 Å². The zero-order chi connectivity index (χ0) is 16.2. The summed E-state index contributed by atoms with van der Waals surface area (Å²) in [5, 5.41) is 3.72. The van der Waals surface area contributed by atoms with Gasteiger partial charge in [0.15, 0.2) is 5.17 Å². The van der Waals surface area contributed by atoms with E-state index in [4.69, 9.17) is 10.2 Å². The molecule has 0 fully saturated rings. The van der Waals surface area contributed by atoms with Crippen LogP contribution < -0.4 is 11.4 Å². The maximum absolute atomic E-state index is 11.8. The Bertz CT molecular complexity index is 931. The van der Waals surface area contributed by atoms with Gasteiger partial charge in [0.05, 0.1) is 0 Å². The number of rotatable bonds is 4. The lowest BCUT2D eigenvalue weighted by atomic mass is 10.0. The van der Waals surface area contributed by atoms with Gasteiger partial charge in [0.25, 0.3) is 0 Å². The van der Waals surface area contributed by atoms with Crippen molar-refractivity contribution in [2.75, 3.05) is 6.54 Å². The van der Waals surface area contributed by atoms with Crippen molar-refractivity contribution in [2.45, 2.75) is 19.1 Å². The van der Waals surface area contributed by atoms with Gasteiger partial charge in [-0.3, -0.25) is 4.99 Å². The van der Waals surface area contributed by atoms with E-state index >= 15 is 0 Å². The Balaban J connectivity index is 2.08. The molecule has 3 aromatic rings. The second-order valence-electron chi connectivity index (χ2n) is 5.26. The summed E-state index contributed by atoms with van der Waals surface area (Å²) in [6.07, 6.45) is 0.962. The van der Waals surface area contributed by atoms with Crippen molar-refractivity contribution in [3.05, 3.63) is 58.4 Å². The van der Waals surface area contributed by atoms with Gasteiger partial charge in [0.1, 0.15) is 5.58 Å². The van der Waals surface area contributed by atoms with E-state index in [0.717, 1.165) is 34.7 Å². The molecule has 0 aliphatic carbocycles. The number of nitrogens with zero attached hydrogens (tertiary/aromatic N) is 1. The van der Waals surface area contributed by atoms with E-state index in [9.17, 15) is 4.79 Å². The third-order valence-electron chi connectivity index (χ3n) is 3.58. The highest BCUT2D eigenvalue weighted by atomic mass is 32.2. The number of benzene rings is 2. The summed E-state index contributed by atoms with van der Waals surface area (Å²) >= 11 is 1.45. The highest BCUT2D eigenvalue weighted by Gasteiger charge is 2.10. The Kier molecular flexibility index (Phi) is 4.67. The van der Waals surface area contributed by atoms with Crippen LogP contribution in [-0.2, 0) is 5.75 Å². The third kappa shape index (κ3) is 3.40. The monoisotopic (exact) mass is 326 g/mol. The lowest BCUT2D eigenvalue weighted by Crippen LogP contribution is -2.08. The fraction of sp³-hybridized carbons (Fsp3) is 0.222. The van der Waals surface area contributed by atoms with Crippen LogP contribution >= 0.6 is 11.8 Å². The first-order valence-electron chi connectivity index (χ1n) is 7.56. The predicted molar refractivity (Wildman–Crippen MR) is 98.1 cm³/mol. The number of hydrogen-bond acceptors (Lipinski definition) is 4. The van der Waals surface area contributed by atoms with Gasteiger partial charge < -0.3 is 10.2 Å². The van der Waals surface area contributed by atoms with E-state index in [1.807, 2.05) is 36.4 Å². The summed E-state index contributed by atoms with van der Waals surface area (Å²) in [5.74, 6) is 0.592. The average Bonchev–Trinajstić information content (AvgIpc) is 2.57. The maximum atomic E-state index is 11.8. The SMILES string of the molecule is CCCN=C(N)SCc1cc(=O)oc2ccc3ccccc3c12. The summed E-state index contributed by atoms with van der Waals surface area (Å²) in [6, 6.07) is 13.4. The Morgan fingerprint density at radius 1 is 1.26 bits per heavy atom. The Morgan fingerprint density at radius 2 is 2.09 bits per heavy atom. The van der Waals surface area contributed by atoms with Crippen LogP contribution in [0.1, 0.15) is 18.9 Å². The minimum atomic E-state index is -0.340. The van der Waals surface area contributed by atoms with Crippen LogP contribution in [0.4, 0.5) is 0 Å². The van der Waals surface area contributed by atoms with Crippen molar-refractivity contribution < 1.29 is 4.42 Å². The van der Waals surface area contributed by atoms with Gasteiger partial charge in [-0.25, -0.2) is 4.79 Å². The number of nitrogens with two attached hydrogens (primary N) is 1. The van der Waals surface area contributed by atoms with Crippen molar-refractivity contribution >= 4 is 38.7 Å². The average molecular weight is 326 g/mol. The summed E-state index contributed by atoms with van der Waals surface area (Å²) in [6.45, 7) is 2.78. The van der Waals surface area contributed by atoms with Crippen LogP contribution in [0.3, 0.4) is 0 Å². The molecule has 0 saturated carbocycles. The van der Waals surface area contributed by atoms with Gasteiger partial charge in [-0.15, -0.1) is 0 Å². The molecule has 0 unspecified atom stereocenters. The van der Waals surface area contributed by atoms with Gasteiger partial charge in [0, 0.05) is 23.8 Å². The second kappa shape index (κ2) is 6.87. The minimum absolute atomic E-state index is 0.340. The maximum Gasteiger partial charge on any atom is 0.336 e. The smallest absolute Gasteiger partial charge is 0.336 e. The molecule has 2 aromatic carbocycles. The Morgan fingerprint density at radius 3 is 2.91 bits per heavy atom. The lowest BCUT2D eigenvalue weighted by Gasteiger charge is -2.08. The normalized spacial score (nSPS) is 12.1. The number of hydrogen-bond donors (Lipinski definition) is 1. The first-order chi connectivity index (χ1) is 11.2. The summed E-state index contributed by atoms with van der Waals surface area (Å²) in [5.41, 5.74) is 7.10. The zero-order valence-electron chi connectivity index (χ0n) is 12.9. The van der Waals surface area contributed by atoms with Crippen molar-refractivity contribution in [3.63, 3.8) is 0 Å². The fourth-order valence-corrected chi connectivity index (χ4v) is 3.27. The van der Waals surface area contributed by atoms with E-state index in [1.54, 1.807) is 6.07 Å². The molecule has 118 valence electrons. The molecule has 4 nitrogen and oxygen atoms in total. The molecular weight excluding hydrogens is 308 g/mol. The number of thioether (sulfide) groups is 1. The van der Waals surface area contributed by atoms with E-state index < -0.39 is 0 Å². The van der Waals surface area contributed by atoms with Crippen LogP contribution in [0.2, 0.25) is 0 Å². The zero-order valence-corrected chi connectivity index (χ0v) is 13.7. The van der Waals surface area contributed by atoms with Crippen molar-refractivity contribution in [1.29, 1.82) is 0 Å². The van der Waals surface area contributed by atoms with Gasteiger partial charge in [0.2, 0.25) is 0 Å². The van der Waals surface area contributed by atoms with E-state index in [-0.39, 0.29) is 5.63 Å². The van der Waals surface area contributed by atoms with Crippen molar-refractivity contribution in [3.8, 4) is 0 Å². The van der Waals surface area contributed by atoms with Crippen LogP contribution in [0, 0.1) is 0 Å². The molecule has 0 bridgehead atoms. The summed E-state index contributed by atoms with van der Waals surface area (Å²) < 4.78 is 5.36. The predicted octanol–water partition coefficient (Wildman–Crippen LogP) is 3.90. The highest BCUT2D eigenvalue weighted by molar-refractivity contribution is 8.13. The minimum Gasteiger partial charge on any atom is -0.423 e. The quantitative estimate of drug-likeness (QED) is 0.342. The molecule has 5 heteroatoms.